The quantitative estimate of drug-likeness (QED) is 0.797. The molecule has 21 heavy (non-hydrogen) atoms. The van der Waals surface area contributed by atoms with Gasteiger partial charge in [0.15, 0.2) is 0 Å². The minimum Gasteiger partial charge on any atom is -0.497 e. The first-order valence-electron chi connectivity index (χ1n) is 6.68. The van der Waals surface area contributed by atoms with Crippen LogP contribution in [0.3, 0.4) is 0 Å². The number of benzene rings is 2. The summed E-state index contributed by atoms with van der Waals surface area (Å²) < 4.78 is 16.1. The van der Waals surface area contributed by atoms with Crippen molar-refractivity contribution in [2.24, 2.45) is 0 Å². The summed E-state index contributed by atoms with van der Waals surface area (Å²) in [4.78, 5) is 0. The summed E-state index contributed by atoms with van der Waals surface area (Å²) in [6.45, 7) is 2.52. The second-order valence-corrected chi connectivity index (χ2v) is 4.41. The van der Waals surface area contributed by atoms with E-state index in [9.17, 15) is 0 Å². The van der Waals surface area contributed by atoms with E-state index in [2.05, 4.69) is 5.32 Å². The first-order valence-corrected chi connectivity index (χ1v) is 6.68. The Morgan fingerprint density at radius 2 is 1.81 bits per heavy atom. The number of nitrogen functional groups attached to an aromatic ring is 1. The lowest BCUT2D eigenvalue weighted by Gasteiger charge is -2.14. The lowest BCUT2D eigenvalue weighted by atomic mass is 10.2. The Balaban J connectivity index is 2.32. The summed E-state index contributed by atoms with van der Waals surface area (Å²) in [7, 11) is 3.25. The third-order valence-electron chi connectivity index (χ3n) is 2.93. The zero-order valence-corrected chi connectivity index (χ0v) is 12.5. The molecular formula is C16H20N2O3. The molecule has 112 valence electrons. The van der Waals surface area contributed by atoms with Crippen molar-refractivity contribution in [2.75, 3.05) is 31.9 Å². The lowest BCUT2D eigenvalue weighted by molar-refractivity contribution is 0.340. The molecule has 0 amide bonds. The molecule has 0 atom stereocenters. The molecular weight excluding hydrogens is 268 g/mol. The summed E-state index contributed by atoms with van der Waals surface area (Å²) in [5.74, 6) is 2.19. The van der Waals surface area contributed by atoms with Gasteiger partial charge in [0.05, 0.1) is 26.5 Å². The lowest BCUT2D eigenvalue weighted by Crippen LogP contribution is -1.98. The second-order valence-electron chi connectivity index (χ2n) is 4.41. The summed E-state index contributed by atoms with van der Waals surface area (Å²) in [5, 5.41) is 3.27. The molecule has 0 heterocycles. The van der Waals surface area contributed by atoms with E-state index in [0.29, 0.717) is 12.3 Å². The highest BCUT2D eigenvalue weighted by Crippen LogP contribution is 2.33. The number of anilines is 3. The third kappa shape index (κ3) is 3.72. The molecule has 0 fully saturated rings. The van der Waals surface area contributed by atoms with Crippen LogP contribution >= 0.6 is 0 Å². The van der Waals surface area contributed by atoms with Crippen molar-refractivity contribution < 1.29 is 14.2 Å². The zero-order chi connectivity index (χ0) is 15.2. The maximum absolute atomic E-state index is 5.89. The highest BCUT2D eigenvalue weighted by atomic mass is 16.5. The molecule has 0 aromatic heterocycles. The molecule has 0 bridgehead atoms. The average Bonchev–Trinajstić information content (AvgIpc) is 2.47. The largest absolute Gasteiger partial charge is 0.497 e. The van der Waals surface area contributed by atoms with E-state index in [1.54, 1.807) is 20.3 Å². The summed E-state index contributed by atoms with van der Waals surface area (Å²) in [6.07, 6.45) is 0. The van der Waals surface area contributed by atoms with E-state index in [1.807, 2.05) is 37.3 Å². The Hall–Kier alpha value is -2.56. The maximum atomic E-state index is 5.89. The molecule has 3 N–H and O–H groups in total. The molecule has 2 rings (SSSR count). The number of rotatable bonds is 6. The van der Waals surface area contributed by atoms with Gasteiger partial charge < -0.3 is 25.3 Å². The van der Waals surface area contributed by atoms with Crippen LogP contribution in [-0.4, -0.2) is 20.8 Å². The minimum absolute atomic E-state index is 0.589. The highest BCUT2D eigenvalue weighted by molar-refractivity contribution is 5.71. The number of methoxy groups -OCH3 is 2. The van der Waals surface area contributed by atoms with Crippen molar-refractivity contribution in [1.82, 2.24) is 0 Å². The molecule has 5 nitrogen and oxygen atoms in total. The average molecular weight is 288 g/mol. The molecule has 5 heteroatoms. The normalized spacial score (nSPS) is 10.0. The standard InChI is InChI=1S/C16H20N2O3/c1-4-21-14-8-11(17)7-12(9-14)18-15-10-13(19-2)5-6-16(15)20-3/h5-10,18H,4,17H2,1-3H3. The van der Waals surface area contributed by atoms with Crippen LogP contribution in [-0.2, 0) is 0 Å². The van der Waals surface area contributed by atoms with Gasteiger partial charge in [-0.3, -0.25) is 0 Å². The first-order chi connectivity index (χ1) is 10.2. The molecule has 2 aromatic carbocycles. The fraction of sp³-hybridized carbons (Fsp3) is 0.250. The van der Waals surface area contributed by atoms with Gasteiger partial charge in [-0.05, 0) is 25.1 Å². The molecule has 2 aromatic rings. The van der Waals surface area contributed by atoms with Crippen LogP contribution in [0.1, 0.15) is 6.92 Å². The Bertz CT molecular complexity index is 614. The van der Waals surface area contributed by atoms with E-state index >= 15 is 0 Å². The Kier molecular flexibility index (Phi) is 4.77. The van der Waals surface area contributed by atoms with Crippen LogP contribution in [0.2, 0.25) is 0 Å². The summed E-state index contributed by atoms with van der Waals surface area (Å²) in [6, 6.07) is 11.1. The van der Waals surface area contributed by atoms with Gasteiger partial charge in [-0.2, -0.15) is 0 Å². The smallest absolute Gasteiger partial charge is 0.142 e. The molecule has 0 radical (unpaired) electrons. The van der Waals surface area contributed by atoms with E-state index < -0.39 is 0 Å². The van der Waals surface area contributed by atoms with Gasteiger partial charge in [-0.15, -0.1) is 0 Å². The number of hydrogen-bond donors (Lipinski definition) is 2. The Labute approximate surface area is 124 Å². The van der Waals surface area contributed by atoms with Crippen LogP contribution in [0.4, 0.5) is 17.1 Å². The van der Waals surface area contributed by atoms with Crippen LogP contribution in [0, 0.1) is 0 Å². The molecule has 0 aliphatic carbocycles. The third-order valence-corrected chi connectivity index (χ3v) is 2.93. The van der Waals surface area contributed by atoms with E-state index in [4.69, 9.17) is 19.9 Å². The number of nitrogens with two attached hydrogens (primary N) is 1. The van der Waals surface area contributed by atoms with Crippen LogP contribution in [0.5, 0.6) is 17.2 Å². The molecule has 0 aliphatic heterocycles. The SMILES string of the molecule is CCOc1cc(N)cc(Nc2cc(OC)ccc2OC)c1. The van der Waals surface area contributed by atoms with Crippen molar-refractivity contribution in [1.29, 1.82) is 0 Å². The van der Waals surface area contributed by atoms with Crippen molar-refractivity contribution >= 4 is 17.1 Å². The molecule has 0 aliphatic rings. The molecule has 0 unspecified atom stereocenters. The summed E-state index contributed by atoms with van der Waals surface area (Å²) in [5.41, 5.74) is 8.14. The van der Waals surface area contributed by atoms with Crippen LogP contribution in [0.25, 0.3) is 0 Å². The maximum Gasteiger partial charge on any atom is 0.142 e. The Morgan fingerprint density at radius 3 is 2.48 bits per heavy atom. The van der Waals surface area contributed by atoms with Gasteiger partial charge in [0.2, 0.25) is 0 Å². The Morgan fingerprint density at radius 1 is 1.00 bits per heavy atom. The predicted molar refractivity (Wildman–Crippen MR) is 84.9 cm³/mol. The topological polar surface area (TPSA) is 65.7 Å². The van der Waals surface area contributed by atoms with Gasteiger partial charge in [-0.25, -0.2) is 0 Å². The van der Waals surface area contributed by atoms with Crippen molar-refractivity contribution in [3.05, 3.63) is 36.4 Å². The van der Waals surface area contributed by atoms with Gasteiger partial charge in [0, 0.05) is 29.6 Å². The minimum atomic E-state index is 0.589. The van der Waals surface area contributed by atoms with E-state index in [1.165, 1.54) is 0 Å². The number of hydrogen-bond acceptors (Lipinski definition) is 5. The van der Waals surface area contributed by atoms with Gasteiger partial charge in [-0.1, -0.05) is 0 Å². The van der Waals surface area contributed by atoms with Crippen LogP contribution < -0.4 is 25.3 Å². The van der Waals surface area contributed by atoms with Gasteiger partial charge in [0.25, 0.3) is 0 Å². The van der Waals surface area contributed by atoms with Crippen molar-refractivity contribution in [2.45, 2.75) is 6.92 Å². The van der Waals surface area contributed by atoms with Crippen molar-refractivity contribution in [3.63, 3.8) is 0 Å². The van der Waals surface area contributed by atoms with E-state index in [0.717, 1.165) is 28.6 Å². The number of ether oxygens (including phenoxy) is 3. The van der Waals surface area contributed by atoms with Gasteiger partial charge >= 0.3 is 0 Å². The van der Waals surface area contributed by atoms with Crippen LogP contribution in [0.15, 0.2) is 36.4 Å². The highest BCUT2D eigenvalue weighted by Gasteiger charge is 2.07. The monoisotopic (exact) mass is 288 g/mol. The first kappa shape index (κ1) is 14.8. The van der Waals surface area contributed by atoms with Gasteiger partial charge in [0.1, 0.15) is 17.2 Å². The second kappa shape index (κ2) is 6.74. The fourth-order valence-corrected chi connectivity index (χ4v) is 2.01. The van der Waals surface area contributed by atoms with E-state index in [-0.39, 0.29) is 0 Å². The molecule has 0 saturated heterocycles. The fourth-order valence-electron chi connectivity index (χ4n) is 2.01. The summed E-state index contributed by atoms with van der Waals surface area (Å²) >= 11 is 0. The molecule has 0 spiro atoms. The predicted octanol–water partition coefficient (Wildman–Crippen LogP) is 3.43. The zero-order valence-electron chi connectivity index (χ0n) is 12.5. The molecule has 0 saturated carbocycles. The number of nitrogens with one attached hydrogen (secondary N) is 1. The van der Waals surface area contributed by atoms with Crippen molar-refractivity contribution in [3.8, 4) is 17.2 Å².